The zero-order valence-corrected chi connectivity index (χ0v) is 8.83. The second-order valence-electron chi connectivity index (χ2n) is 4.17. The number of β-amino-alcohol motifs (C(OH)–C–C–N with tert-alkyl or cyclic N) is 1. The molecule has 1 aliphatic rings. The highest BCUT2D eigenvalue weighted by atomic mass is 19.1. The van der Waals surface area contributed by atoms with Crippen LogP contribution in [0.15, 0.2) is 18.2 Å². The second kappa shape index (κ2) is 4.29. The van der Waals surface area contributed by atoms with Gasteiger partial charge in [0.05, 0.1) is 6.10 Å². The van der Waals surface area contributed by atoms with Crippen molar-refractivity contribution in [2.75, 3.05) is 13.1 Å². The van der Waals surface area contributed by atoms with E-state index in [1.165, 1.54) is 6.07 Å². The zero-order chi connectivity index (χ0) is 10.8. The van der Waals surface area contributed by atoms with Crippen LogP contribution in [-0.4, -0.2) is 24.3 Å². The van der Waals surface area contributed by atoms with Gasteiger partial charge in [-0.2, -0.15) is 0 Å². The quantitative estimate of drug-likeness (QED) is 0.736. The van der Waals surface area contributed by atoms with Crippen molar-refractivity contribution in [3.63, 3.8) is 0 Å². The number of hydrogen-bond donors (Lipinski definition) is 2. The number of aliphatic hydroxyl groups is 1. The molecule has 2 rings (SSSR count). The van der Waals surface area contributed by atoms with Crippen molar-refractivity contribution in [2.24, 2.45) is 0 Å². The van der Waals surface area contributed by atoms with E-state index in [1.54, 1.807) is 12.1 Å². The van der Waals surface area contributed by atoms with Gasteiger partial charge in [0.2, 0.25) is 0 Å². The van der Waals surface area contributed by atoms with Crippen molar-refractivity contribution in [3.8, 4) is 0 Å². The number of aryl methyl sites for hydroxylation is 1. The third-order valence-corrected chi connectivity index (χ3v) is 3.09. The molecule has 0 bridgehead atoms. The van der Waals surface area contributed by atoms with Gasteiger partial charge in [-0.05, 0) is 43.1 Å². The van der Waals surface area contributed by atoms with E-state index in [1.807, 2.05) is 6.92 Å². The Morgan fingerprint density at radius 3 is 3.00 bits per heavy atom. The predicted molar refractivity (Wildman–Crippen MR) is 57.4 cm³/mol. The molecule has 3 heteroatoms. The summed E-state index contributed by atoms with van der Waals surface area (Å²) in [5, 5.41) is 13.0. The topological polar surface area (TPSA) is 32.3 Å². The summed E-state index contributed by atoms with van der Waals surface area (Å²) in [6.45, 7) is 3.45. The van der Waals surface area contributed by atoms with E-state index in [4.69, 9.17) is 0 Å². The SMILES string of the molecule is Cc1ccc(F)cc1[C@H]1CCNC[C@@H]1O. The van der Waals surface area contributed by atoms with Crippen molar-refractivity contribution >= 4 is 0 Å². The van der Waals surface area contributed by atoms with E-state index in [0.29, 0.717) is 6.54 Å². The molecular formula is C12H16FNO. The van der Waals surface area contributed by atoms with E-state index in [2.05, 4.69) is 5.32 Å². The van der Waals surface area contributed by atoms with Crippen LogP contribution < -0.4 is 5.32 Å². The molecule has 1 aliphatic heterocycles. The first-order valence-corrected chi connectivity index (χ1v) is 5.33. The highest BCUT2D eigenvalue weighted by molar-refractivity contribution is 5.31. The summed E-state index contributed by atoms with van der Waals surface area (Å²) in [6.07, 6.45) is 0.463. The molecule has 15 heavy (non-hydrogen) atoms. The molecule has 1 fully saturated rings. The van der Waals surface area contributed by atoms with Crippen molar-refractivity contribution in [1.29, 1.82) is 0 Å². The number of benzene rings is 1. The van der Waals surface area contributed by atoms with E-state index < -0.39 is 6.10 Å². The van der Waals surface area contributed by atoms with Gasteiger partial charge in [0.15, 0.2) is 0 Å². The lowest BCUT2D eigenvalue weighted by atomic mass is 9.85. The zero-order valence-electron chi connectivity index (χ0n) is 8.83. The summed E-state index contributed by atoms with van der Waals surface area (Å²) in [6, 6.07) is 4.79. The predicted octanol–water partition coefficient (Wildman–Crippen LogP) is 1.57. The summed E-state index contributed by atoms with van der Waals surface area (Å²) in [5.41, 5.74) is 2.01. The molecule has 0 unspecified atom stereocenters. The molecule has 0 radical (unpaired) electrons. The second-order valence-corrected chi connectivity index (χ2v) is 4.17. The van der Waals surface area contributed by atoms with Crippen LogP contribution in [0.1, 0.15) is 23.5 Å². The molecule has 1 saturated heterocycles. The smallest absolute Gasteiger partial charge is 0.123 e. The lowest BCUT2D eigenvalue weighted by molar-refractivity contribution is 0.118. The van der Waals surface area contributed by atoms with Crippen LogP contribution in [0.5, 0.6) is 0 Å². The summed E-state index contributed by atoms with van der Waals surface area (Å²) in [5.74, 6) is -0.150. The van der Waals surface area contributed by atoms with Crippen LogP contribution in [-0.2, 0) is 0 Å². The molecule has 0 amide bonds. The molecule has 2 N–H and O–H groups in total. The fraction of sp³-hybridized carbons (Fsp3) is 0.500. The highest BCUT2D eigenvalue weighted by Gasteiger charge is 2.25. The van der Waals surface area contributed by atoms with Gasteiger partial charge in [-0.3, -0.25) is 0 Å². The molecule has 0 aromatic heterocycles. The Balaban J connectivity index is 2.30. The number of piperidine rings is 1. The maximum atomic E-state index is 13.1. The number of aliphatic hydroxyl groups excluding tert-OH is 1. The summed E-state index contributed by atoms with van der Waals surface area (Å²) in [4.78, 5) is 0. The van der Waals surface area contributed by atoms with Gasteiger partial charge in [0.1, 0.15) is 5.82 Å². The van der Waals surface area contributed by atoms with Crippen molar-refractivity contribution < 1.29 is 9.50 Å². The monoisotopic (exact) mass is 209 g/mol. The minimum Gasteiger partial charge on any atom is -0.391 e. The van der Waals surface area contributed by atoms with Crippen molar-refractivity contribution in [1.82, 2.24) is 5.32 Å². The van der Waals surface area contributed by atoms with Gasteiger partial charge in [-0.1, -0.05) is 6.07 Å². The normalized spacial score (nSPS) is 26.6. The third kappa shape index (κ3) is 2.19. The van der Waals surface area contributed by atoms with Crippen LogP contribution in [0.25, 0.3) is 0 Å². The highest BCUT2D eigenvalue weighted by Crippen LogP contribution is 2.28. The first-order chi connectivity index (χ1) is 7.18. The first-order valence-electron chi connectivity index (χ1n) is 5.33. The maximum Gasteiger partial charge on any atom is 0.123 e. The Bertz CT molecular complexity index is 353. The molecule has 2 atom stereocenters. The van der Waals surface area contributed by atoms with E-state index in [0.717, 1.165) is 24.1 Å². The minimum absolute atomic E-state index is 0.0712. The summed E-state index contributed by atoms with van der Waals surface area (Å²) < 4.78 is 13.1. The lowest BCUT2D eigenvalue weighted by Crippen LogP contribution is -2.39. The van der Waals surface area contributed by atoms with Gasteiger partial charge in [0.25, 0.3) is 0 Å². The van der Waals surface area contributed by atoms with Crippen LogP contribution in [0, 0.1) is 12.7 Å². The Kier molecular flexibility index (Phi) is 3.03. The lowest BCUT2D eigenvalue weighted by Gasteiger charge is -2.29. The standard InChI is InChI=1S/C12H16FNO/c1-8-2-3-9(13)6-11(8)10-4-5-14-7-12(10)15/h2-3,6,10,12,14-15H,4-5,7H2,1H3/t10-,12+/m1/s1. The molecule has 82 valence electrons. The Hall–Kier alpha value is -0.930. The fourth-order valence-corrected chi connectivity index (χ4v) is 2.22. The van der Waals surface area contributed by atoms with Crippen LogP contribution >= 0.6 is 0 Å². The molecule has 1 heterocycles. The van der Waals surface area contributed by atoms with Crippen LogP contribution in [0.2, 0.25) is 0 Å². The van der Waals surface area contributed by atoms with Crippen LogP contribution in [0.4, 0.5) is 4.39 Å². The fourth-order valence-electron chi connectivity index (χ4n) is 2.22. The van der Waals surface area contributed by atoms with Gasteiger partial charge >= 0.3 is 0 Å². The Morgan fingerprint density at radius 2 is 2.27 bits per heavy atom. The molecular weight excluding hydrogens is 193 g/mol. The van der Waals surface area contributed by atoms with E-state index in [-0.39, 0.29) is 11.7 Å². The van der Waals surface area contributed by atoms with Gasteiger partial charge in [-0.25, -0.2) is 4.39 Å². The molecule has 0 saturated carbocycles. The van der Waals surface area contributed by atoms with Crippen LogP contribution in [0.3, 0.4) is 0 Å². The first kappa shape index (κ1) is 10.6. The number of hydrogen-bond acceptors (Lipinski definition) is 2. The van der Waals surface area contributed by atoms with Crippen molar-refractivity contribution in [2.45, 2.75) is 25.4 Å². The number of rotatable bonds is 1. The molecule has 1 aromatic rings. The summed E-state index contributed by atoms with van der Waals surface area (Å²) >= 11 is 0. The Morgan fingerprint density at radius 1 is 1.47 bits per heavy atom. The molecule has 0 spiro atoms. The van der Waals surface area contributed by atoms with Gasteiger partial charge < -0.3 is 10.4 Å². The number of nitrogens with one attached hydrogen (secondary N) is 1. The Labute approximate surface area is 89.1 Å². The molecule has 2 nitrogen and oxygen atoms in total. The van der Waals surface area contributed by atoms with E-state index in [9.17, 15) is 9.50 Å². The van der Waals surface area contributed by atoms with Crippen molar-refractivity contribution in [3.05, 3.63) is 35.1 Å². The minimum atomic E-state index is -0.403. The largest absolute Gasteiger partial charge is 0.391 e. The average molecular weight is 209 g/mol. The third-order valence-electron chi connectivity index (χ3n) is 3.09. The number of halogens is 1. The van der Waals surface area contributed by atoms with Gasteiger partial charge in [0, 0.05) is 12.5 Å². The summed E-state index contributed by atoms with van der Waals surface area (Å²) in [7, 11) is 0. The van der Waals surface area contributed by atoms with Gasteiger partial charge in [-0.15, -0.1) is 0 Å². The van der Waals surface area contributed by atoms with E-state index >= 15 is 0 Å². The molecule has 0 aliphatic carbocycles. The average Bonchev–Trinajstić information content (AvgIpc) is 2.23. The molecule has 1 aromatic carbocycles. The maximum absolute atomic E-state index is 13.1.